The molecule has 2 N–H and O–H groups in total. The fraction of sp³-hybridized carbons (Fsp3) is 0.500. The van der Waals surface area contributed by atoms with Gasteiger partial charge in [-0.05, 0) is 37.7 Å². The summed E-state index contributed by atoms with van der Waals surface area (Å²) < 4.78 is 7.75. The van der Waals surface area contributed by atoms with E-state index in [4.69, 9.17) is 10.5 Å². The molecule has 1 saturated carbocycles. The molecular formula is C16H22N4O. The SMILES string of the molecule is CCn1c(OCC2CC2)nnc1[C@H](N)Cc1ccccc1. The molecule has 5 nitrogen and oxygen atoms in total. The Labute approximate surface area is 125 Å². The second-order valence-corrected chi connectivity index (χ2v) is 5.64. The van der Waals surface area contributed by atoms with Crippen molar-refractivity contribution in [3.8, 4) is 6.01 Å². The predicted octanol–water partition coefficient (Wildman–Crippen LogP) is 2.33. The van der Waals surface area contributed by atoms with Crippen LogP contribution in [-0.2, 0) is 13.0 Å². The van der Waals surface area contributed by atoms with Crippen LogP contribution in [0.15, 0.2) is 30.3 Å². The number of hydrogen-bond donors (Lipinski definition) is 1. The molecule has 21 heavy (non-hydrogen) atoms. The van der Waals surface area contributed by atoms with Gasteiger partial charge in [0, 0.05) is 6.54 Å². The quantitative estimate of drug-likeness (QED) is 0.848. The van der Waals surface area contributed by atoms with Crippen LogP contribution in [0, 0.1) is 5.92 Å². The standard InChI is InChI=1S/C16H22N4O/c1-2-20-15(14(17)10-12-6-4-3-5-7-12)18-19-16(20)21-11-13-8-9-13/h3-7,13-14H,2,8-11,17H2,1H3/t14-/m1/s1. The molecule has 0 saturated heterocycles. The van der Waals surface area contributed by atoms with Gasteiger partial charge in [-0.15, -0.1) is 5.10 Å². The van der Waals surface area contributed by atoms with Crippen LogP contribution < -0.4 is 10.5 Å². The fourth-order valence-corrected chi connectivity index (χ4v) is 2.41. The molecule has 1 heterocycles. The molecule has 0 unspecified atom stereocenters. The highest BCUT2D eigenvalue weighted by atomic mass is 16.5. The van der Waals surface area contributed by atoms with E-state index < -0.39 is 0 Å². The summed E-state index contributed by atoms with van der Waals surface area (Å²) in [6, 6.07) is 10.6. The summed E-state index contributed by atoms with van der Waals surface area (Å²) in [5.41, 5.74) is 7.51. The molecule has 0 amide bonds. The summed E-state index contributed by atoms with van der Waals surface area (Å²) in [5, 5.41) is 8.40. The molecule has 5 heteroatoms. The molecule has 1 aromatic carbocycles. The summed E-state index contributed by atoms with van der Waals surface area (Å²) in [7, 11) is 0. The van der Waals surface area contributed by atoms with E-state index in [0.717, 1.165) is 25.4 Å². The largest absolute Gasteiger partial charge is 0.463 e. The lowest BCUT2D eigenvalue weighted by Crippen LogP contribution is -2.19. The molecule has 2 aromatic rings. The Balaban J connectivity index is 1.71. The van der Waals surface area contributed by atoms with Crippen molar-refractivity contribution >= 4 is 0 Å². The Morgan fingerprint density at radius 1 is 1.29 bits per heavy atom. The number of aromatic nitrogens is 3. The van der Waals surface area contributed by atoms with Crippen LogP contribution in [0.5, 0.6) is 6.01 Å². The summed E-state index contributed by atoms with van der Waals surface area (Å²) >= 11 is 0. The number of rotatable bonds is 7. The number of benzene rings is 1. The summed E-state index contributed by atoms with van der Waals surface area (Å²) in [6.07, 6.45) is 3.28. The highest BCUT2D eigenvalue weighted by Crippen LogP contribution is 2.29. The third kappa shape index (κ3) is 3.42. The van der Waals surface area contributed by atoms with Gasteiger partial charge < -0.3 is 10.5 Å². The molecule has 112 valence electrons. The van der Waals surface area contributed by atoms with E-state index in [2.05, 4.69) is 29.3 Å². The minimum atomic E-state index is -0.168. The van der Waals surface area contributed by atoms with Crippen molar-refractivity contribution in [2.24, 2.45) is 11.7 Å². The van der Waals surface area contributed by atoms with Gasteiger partial charge in [0.25, 0.3) is 0 Å². The Morgan fingerprint density at radius 2 is 2.05 bits per heavy atom. The maximum atomic E-state index is 6.31. The molecular weight excluding hydrogens is 264 g/mol. The van der Waals surface area contributed by atoms with Crippen LogP contribution in [0.3, 0.4) is 0 Å². The number of nitrogens with zero attached hydrogens (tertiary/aromatic N) is 3. The zero-order valence-corrected chi connectivity index (χ0v) is 12.4. The maximum Gasteiger partial charge on any atom is 0.316 e. The topological polar surface area (TPSA) is 66.0 Å². The van der Waals surface area contributed by atoms with E-state index in [9.17, 15) is 0 Å². The van der Waals surface area contributed by atoms with E-state index >= 15 is 0 Å². The van der Waals surface area contributed by atoms with Crippen molar-refractivity contribution in [3.63, 3.8) is 0 Å². The van der Waals surface area contributed by atoms with Crippen LogP contribution >= 0.6 is 0 Å². The van der Waals surface area contributed by atoms with Gasteiger partial charge in [0.05, 0.1) is 12.6 Å². The van der Waals surface area contributed by atoms with Gasteiger partial charge in [-0.25, -0.2) is 0 Å². The molecule has 1 aliphatic rings. The lowest BCUT2D eigenvalue weighted by atomic mass is 10.1. The zero-order chi connectivity index (χ0) is 14.7. The van der Waals surface area contributed by atoms with Crippen LogP contribution in [0.1, 0.15) is 37.2 Å². The van der Waals surface area contributed by atoms with Gasteiger partial charge in [0.1, 0.15) is 0 Å². The van der Waals surface area contributed by atoms with Gasteiger partial charge in [0.15, 0.2) is 5.82 Å². The average Bonchev–Trinajstić information content (AvgIpc) is 3.24. The van der Waals surface area contributed by atoms with E-state index in [1.807, 2.05) is 22.8 Å². The monoisotopic (exact) mass is 286 g/mol. The van der Waals surface area contributed by atoms with E-state index in [1.165, 1.54) is 18.4 Å². The fourth-order valence-electron chi connectivity index (χ4n) is 2.41. The number of hydrogen-bond acceptors (Lipinski definition) is 4. The first kappa shape index (κ1) is 14.1. The Kier molecular flexibility index (Phi) is 4.20. The molecule has 0 spiro atoms. The summed E-state index contributed by atoms with van der Waals surface area (Å²) in [4.78, 5) is 0. The lowest BCUT2D eigenvalue weighted by Gasteiger charge is -2.13. The third-order valence-corrected chi connectivity index (χ3v) is 3.84. The molecule has 1 aromatic heterocycles. The number of nitrogens with two attached hydrogens (primary N) is 1. The highest BCUT2D eigenvalue weighted by Gasteiger charge is 2.24. The predicted molar refractivity (Wildman–Crippen MR) is 81.0 cm³/mol. The van der Waals surface area contributed by atoms with Crippen LogP contribution in [0.25, 0.3) is 0 Å². The smallest absolute Gasteiger partial charge is 0.316 e. The molecule has 1 fully saturated rings. The van der Waals surface area contributed by atoms with Crippen molar-refractivity contribution in [1.82, 2.24) is 14.8 Å². The first-order chi connectivity index (χ1) is 10.3. The van der Waals surface area contributed by atoms with Crippen molar-refractivity contribution < 1.29 is 4.74 Å². The maximum absolute atomic E-state index is 6.31. The first-order valence-electron chi connectivity index (χ1n) is 7.63. The second-order valence-electron chi connectivity index (χ2n) is 5.64. The van der Waals surface area contributed by atoms with E-state index in [1.54, 1.807) is 0 Å². The van der Waals surface area contributed by atoms with E-state index in [-0.39, 0.29) is 6.04 Å². The van der Waals surface area contributed by atoms with Crippen molar-refractivity contribution in [3.05, 3.63) is 41.7 Å². The Morgan fingerprint density at radius 3 is 2.71 bits per heavy atom. The normalized spacial score (nSPS) is 15.9. The van der Waals surface area contributed by atoms with Gasteiger partial charge in [-0.2, -0.15) is 0 Å². The van der Waals surface area contributed by atoms with Crippen molar-refractivity contribution in [2.45, 2.75) is 38.8 Å². The Hall–Kier alpha value is -1.88. The number of ether oxygens (including phenoxy) is 1. The van der Waals surface area contributed by atoms with E-state index in [0.29, 0.717) is 11.9 Å². The minimum absolute atomic E-state index is 0.168. The lowest BCUT2D eigenvalue weighted by molar-refractivity contribution is 0.262. The summed E-state index contributed by atoms with van der Waals surface area (Å²) in [6.45, 7) is 3.57. The van der Waals surface area contributed by atoms with Gasteiger partial charge in [-0.3, -0.25) is 4.57 Å². The molecule has 3 rings (SSSR count). The molecule has 1 aliphatic carbocycles. The third-order valence-electron chi connectivity index (χ3n) is 3.84. The van der Waals surface area contributed by atoms with Gasteiger partial charge in [0.2, 0.25) is 0 Å². The van der Waals surface area contributed by atoms with Crippen LogP contribution in [-0.4, -0.2) is 21.4 Å². The van der Waals surface area contributed by atoms with Crippen molar-refractivity contribution in [1.29, 1.82) is 0 Å². The summed E-state index contributed by atoms with van der Waals surface area (Å²) in [5.74, 6) is 1.50. The minimum Gasteiger partial charge on any atom is -0.463 e. The molecule has 0 bridgehead atoms. The molecule has 0 aliphatic heterocycles. The highest BCUT2D eigenvalue weighted by molar-refractivity contribution is 5.18. The van der Waals surface area contributed by atoms with Gasteiger partial charge >= 0.3 is 6.01 Å². The van der Waals surface area contributed by atoms with Crippen LogP contribution in [0.2, 0.25) is 0 Å². The van der Waals surface area contributed by atoms with Crippen LogP contribution in [0.4, 0.5) is 0 Å². The molecule has 0 radical (unpaired) electrons. The Bertz CT molecular complexity index is 577. The average molecular weight is 286 g/mol. The van der Waals surface area contributed by atoms with Gasteiger partial charge in [-0.1, -0.05) is 35.4 Å². The molecule has 1 atom stereocenters. The van der Waals surface area contributed by atoms with Crippen molar-refractivity contribution in [2.75, 3.05) is 6.61 Å². The second kappa shape index (κ2) is 6.26. The zero-order valence-electron chi connectivity index (χ0n) is 12.4. The first-order valence-corrected chi connectivity index (χ1v) is 7.63.